The summed E-state index contributed by atoms with van der Waals surface area (Å²) >= 11 is 0. The minimum absolute atomic E-state index is 0.863. The Morgan fingerprint density at radius 3 is 2.67 bits per heavy atom. The molecule has 94 valence electrons. The van der Waals surface area contributed by atoms with Gasteiger partial charge in [-0.3, -0.25) is 9.97 Å². The molecule has 0 aliphatic rings. The summed E-state index contributed by atoms with van der Waals surface area (Å²) in [6.07, 6.45) is 5.20. The van der Waals surface area contributed by atoms with Gasteiger partial charge in [0, 0.05) is 29.2 Å². The fraction of sp³-hybridized carbons (Fsp3) is 0.167. The lowest BCUT2D eigenvalue weighted by Gasteiger charge is -2.02. The van der Waals surface area contributed by atoms with Crippen molar-refractivity contribution in [1.82, 2.24) is 9.97 Å². The Labute approximate surface area is 118 Å². The lowest BCUT2D eigenvalue weighted by molar-refractivity contribution is 0.414. The molecule has 1 heterocycles. The van der Waals surface area contributed by atoms with Crippen molar-refractivity contribution in [3.05, 3.63) is 48.5 Å². The molecule has 0 N–H and O–H groups in total. The van der Waals surface area contributed by atoms with Gasteiger partial charge in [0.2, 0.25) is 0 Å². The van der Waals surface area contributed by atoms with E-state index in [0.717, 1.165) is 17.2 Å². The van der Waals surface area contributed by atoms with Gasteiger partial charge in [0.15, 0.2) is 0 Å². The molecule has 0 unspecified atom stereocenters. The minimum atomic E-state index is 0.863. The Kier molecular flexibility index (Phi) is 5.70. The Balaban J connectivity index is 1.72. The molecular formula is C12H12N2OS3. The van der Waals surface area contributed by atoms with Gasteiger partial charge in [-0.05, 0) is 44.9 Å². The molecule has 0 amide bonds. The first-order chi connectivity index (χ1) is 8.88. The molecule has 0 atom stereocenters. The highest BCUT2D eigenvalue weighted by Gasteiger charge is 1.98. The van der Waals surface area contributed by atoms with Crippen molar-refractivity contribution in [2.45, 2.75) is 10.6 Å². The third-order valence-electron chi connectivity index (χ3n) is 2.06. The molecule has 0 bridgehead atoms. The van der Waals surface area contributed by atoms with E-state index in [4.69, 9.17) is 4.74 Å². The smallest absolute Gasteiger partial charge is 0.118 e. The molecule has 1 aromatic carbocycles. The molecule has 1 aromatic heterocycles. The SMILES string of the molecule is COc1ccc(SSSCc2cnccn2)cc1. The highest BCUT2D eigenvalue weighted by Crippen LogP contribution is 2.41. The Hall–Kier alpha value is -0.850. The van der Waals surface area contributed by atoms with Gasteiger partial charge >= 0.3 is 0 Å². The summed E-state index contributed by atoms with van der Waals surface area (Å²) in [6.45, 7) is 0. The van der Waals surface area contributed by atoms with Gasteiger partial charge in [-0.25, -0.2) is 0 Å². The number of ether oxygens (including phenoxy) is 1. The van der Waals surface area contributed by atoms with E-state index < -0.39 is 0 Å². The summed E-state index contributed by atoms with van der Waals surface area (Å²) in [7, 11) is 6.91. The second-order valence-corrected chi connectivity index (χ2v) is 7.42. The van der Waals surface area contributed by atoms with Crippen LogP contribution in [-0.4, -0.2) is 17.1 Å². The topological polar surface area (TPSA) is 35.0 Å². The van der Waals surface area contributed by atoms with Crippen molar-refractivity contribution in [2.24, 2.45) is 0 Å². The molecule has 2 aromatic rings. The predicted molar refractivity (Wildman–Crippen MR) is 79.8 cm³/mol. The number of aromatic nitrogens is 2. The van der Waals surface area contributed by atoms with E-state index in [9.17, 15) is 0 Å². The summed E-state index contributed by atoms with van der Waals surface area (Å²) in [5.41, 5.74) is 1.00. The van der Waals surface area contributed by atoms with Crippen molar-refractivity contribution < 1.29 is 4.74 Å². The van der Waals surface area contributed by atoms with Crippen LogP contribution in [0.1, 0.15) is 5.69 Å². The van der Waals surface area contributed by atoms with Crippen LogP contribution in [0, 0.1) is 0 Å². The zero-order valence-corrected chi connectivity index (χ0v) is 12.2. The van der Waals surface area contributed by atoms with E-state index in [1.807, 2.05) is 12.1 Å². The summed E-state index contributed by atoms with van der Waals surface area (Å²) in [5, 5.41) is 0. The molecule has 0 radical (unpaired) electrons. The Morgan fingerprint density at radius 1 is 1.17 bits per heavy atom. The van der Waals surface area contributed by atoms with Crippen LogP contribution in [0.4, 0.5) is 0 Å². The fourth-order valence-electron chi connectivity index (χ4n) is 1.18. The van der Waals surface area contributed by atoms with Gasteiger partial charge in [-0.1, -0.05) is 10.8 Å². The number of methoxy groups -OCH3 is 1. The normalized spacial score (nSPS) is 10.3. The lowest BCUT2D eigenvalue weighted by Crippen LogP contribution is -1.84. The van der Waals surface area contributed by atoms with Crippen LogP contribution in [0.3, 0.4) is 0 Å². The van der Waals surface area contributed by atoms with Crippen LogP contribution in [0.15, 0.2) is 47.8 Å². The van der Waals surface area contributed by atoms with E-state index >= 15 is 0 Å². The van der Waals surface area contributed by atoms with Gasteiger partial charge in [-0.2, -0.15) is 0 Å². The van der Waals surface area contributed by atoms with Gasteiger partial charge in [0.1, 0.15) is 5.75 Å². The zero-order valence-electron chi connectivity index (χ0n) is 9.78. The maximum atomic E-state index is 5.12. The average Bonchev–Trinajstić information content (AvgIpc) is 2.45. The quantitative estimate of drug-likeness (QED) is 0.590. The first-order valence-corrected chi connectivity index (χ1v) is 8.89. The van der Waals surface area contributed by atoms with Crippen molar-refractivity contribution >= 4 is 31.4 Å². The highest BCUT2D eigenvalue weighted by atomic mass is 33.5. The van der Waals surface area contributed by atoms with Crippen molar-refractivity contribution in [2.75, 3.05) is 7.11 Å². The van der Waals surface area contributed by atoms with Gasteiger partial charge in [0.05, 0.1) is 12.8 Å². The lowest BCUT2D eigenvalue weighted by atomic mass is 10.3. The number of hydrogen-bond donors (Lipinski definition) is 0. The van der Waals surface area contributed by atoms with Crippen molar-refractivity contribution in [3.8, 4) is 5.75 Å². The summed E-state index contributed by atoms with van der Waals surface area (Å²) in [5.74, 6) is 1.75. The van der Waals surface area contributed by atoms with E-state index in [1.165, 1.54) is 4.90 Å². The maximum Gasteiger partial charge on any atom is 0.118 e. The standard InChI is InChI=1S/C12H12N2OS3/c1-15-11-2-4-12(5-3-11)17-18-16-9-10-8-13-6-7-14-10/h2-8H,9H2,1H3. The number of hydrogen-bond acceptors (Lipinski definition) is 6. The Morgan fingerprint density at radius 2 is 2.00 bits per heavy atom. The average molecular weight is 296 g/mol. The molecule has 18 heavy (non-hydrogen) atoms. The molecule has 0 aliphatic carbocycles. The molecule has 0 fully saturated rings. The highest BCUT2D eigenvalue weighted by molar-refractivity contribution is 9.09. The predicted octanol–water partition coefficient (Wildman–Crippen LogP) is 4.07. The molecule has 0 saturated heterocycles. The second-order valence-electron chi connectivity index (χ2n) is 3.29. The number of nitrogens with zero attached hydrogens (tertiary/aromatic N) is 2. The number of benzene rings is 1. The maximum absolute atomic E-state index is 5.12. The van der Waals surface area contributed by atoms with Crippen LogP contribution in [0.5, 0.6) is 5.75 Å². The molecular weight excluding hydrogens is 284 g/mol. The summed E-state index contributed by atoms with van der Waals surface area (Å²) < 4.78 is 5.12. The van der Waals surface area contributed by atoms with Crippen LogP contribution in [-0.2, 0) is 5.75 Å². The minimum Gasteiger partial charge on any atom is -0.497 e. The fourth-order valence-corrected chi connectivity index (χ4v) is 4.67. The monoisotopic (exact) mass is 296 g/mol. The molecule has 0 aliphatic heterocycles. The van der Waals surface area contributed by atoms with Gasteiger partial charge < -0.3 is 4.74 Å². The molecule has 3 nitrogen and oxygen atoms in total. The third-order valence-corrected chi connectivity index (χ3v) is 6.01. The van der Waals surface area contributed by atoms with Crippen LogP contribution in [0.2, 0.25) is 0 Å². The van der Waals surface area contributed by atoms with Crippen LogP contribution in [0.25, 0.3) is 0 Å². The van der Waals surface area contributed by atoms with Gasteiger partial charge in [0.25, 0.3) is 0 Å². The van der Waals surface area contributed by atoms with Crippen molar-refractivity contribution in [3.63, 3.8) is 0 Å². The first-order valence-electron chi connectivity index (χ1n) is 5.23. The van der Waals surface area contributed by atoms with E-state index in [2.05, 4.69) is 22.1 Å². The third kappa shape index (κ3) is 4.44. The molecule has 0 saturated carbocycles. The molecule has 6 heteroatoms. The van der Waals surface area contributed by atoms with Crippen molar-refractivity contribution in [1.29, 1.82) is 0 Å². The molecule has 2 rings (SSSR count). The molecule has 0 spiro atoms. The van der Waals surface area contributed by atoms with E-state index in [1.54, 1.807) is 57.1 Å². The van der Waals surface area contributed by atoms with Crippen LogP contribution < -0.4 is 4.74 Å². The van der Waals surface area contributed by atoms with E-state index in [0.29, 0.717) is 0 Å². The van der Waals surface area contributed by atoms with Gasteiger partial charge in [-0.15, -0.1) is 0 Å². The zero-order chi connectivity index (χ0) is 12.6. The second kappa shape index (κ2) is 7.56. The largest absolute Gasteiger partial charge is 0.497 e. The summed E-state index contributed by atoms with van der Waals surface area (Å²) in [6, 6.07) is 8.05. The first kappa shape index (κ1) is 13.6. The van der Waals surface area contributed by atoms with Crippen LogP contribution >= 0.6 is 31.4 Å². The number of rotatable bonds is 6. The summed E-state index contributed by atoms with van der Waals surface area (Å²) in [4.78, 5) is 9.47. The Bertz CT molecular complexity index is 465. The van der Waals surface area contributed by atoms with E-state index in [-0.39, 0.29) is 0 Å².